The number of aliphatic hydroxyl groups is 1. The fraction of sp³-hybridized carbons (Fsp3) is 0.742. The molecule has 768 valence electrons. The molecule has 2 heterocycles. The van der Waals surface area contributed by atoms with Crippen LogP contribution in [0.4, 0.5) is 0 Å². The first-order chi connectivity index (χ1) is 62.1. The van der Waals surface area contributed by atoms with Crippen molar-refractivity contribution in [2.45, 2.75) is 381 Å². The van der Waals surface area contributed by atoms with E-state index < -0.39 is 284 Å². The van der Waals surface area contributed by atoms with Crippen molar-refractivity contribution in [1.82, 2.24) is 106 Å². The number of likely N-dealkylation sites (tertiary alicyclic amines) is 2. The van der Waals surface area contributed by atoms with Crippen LogP contribution < -0.4 is 113 Å². The smallest absolute Gasteiger partial charge is 0.248 e. The maximum atomic E-state index is 14.5. The van der Waals surface area contributed by atoms with Crippen LogP contribution >= 0.6 is 0 Å². The first-order valence-corrected chi connectivity index (χ1v) is 45.7. The molecule has 47 heteroatoms. The average molecular weight is 1930 g/mol. The SMILES string of the molecule is CCC(C)(NC(=O)C(C)(C)NC(=O)C(NC(=O)C1CCCN1C(=O)C(C)(C)NC(=O)C(C)(C)NC(=O)CNC(=O)C(C)(C)NC(=O)C(CC(C)C)NC(=O)C(C)(C)NC(=O)C(CCC(N)=O)NC(=O)C(C)NC(=O)C(C)(C)NC(=O)C(C)NC(=O)C(C)(C)NC(=O)C1CCCN1C(=O)C(C)(C)NC(C)=O)C(C)C)C(=O)NC(CCC(N)=O)C(=O)NC(CCC(N)=O)C(=O)NC(CO)CC(C)C. The molecule has 0 saturated carbocycles. The molecule has 2 rings (SSSR count). The van der Waals surface area contributed by atoms with Crippen LogP contribution in [0.2, 0.25) is 0 Å². The first kappa shape index (κ1) is 120. The monoisotopic (exact) mass is 1930 g/mol. The van der Waals surface area contributed by atoms with Gasteiger partial charge in [-0.05, 0) is 214 Å². The standard InChI is InChI=1S/C89H153N23O24/c1-28-89(27,78(134)99-53(34-37-59(91)116)66(122)98-52(33-36-58(90)115)65(121)96-51(44-113)41-45(2)3)110-77(133)86(21,22)108-71(127)62(47(6)7)101-69(125)56-31-29-39-111(56)80(136)88(25,26)109-76(132)85(19,20)103-61(118)43-93-72(128)81(11,12)106-68(124)55(42-46(4)5)100-75(131)84(17,18)105-67(123)54(35-38-60(92)117)97-63(119)48(8)94-73(129)82(13,14)104-64(120)49(9)95-74(130)83(15,16)107-70(126)57-32-30-40-112(57)79(135)87(23,24)102-50(10)114/h45-49,51-57,62,113H,28-44H2,1-27H3,(H2,90,115)(H2,91,116)(H2,92,117)(H,93,128)(H,94,129)(H,95,130)(H,96,121)(H,97,119)(H,98,122)(H,99,134)(H,100,131)(H,101,125)(H,102,114)(H,103,118)(H,104,120)(H,105,123)(H,106,124)(H,107,126)(H,108,127)(H,109,132)(H,110,133). The summed E-state index contributed by atoms with van der Waals surface area (Å²) in [5, 5.41) is 55.8. The maximum Gasteiger partial charge on any atom is 0.248 e. The van der Waals surface area contributed by atoms with Crippen molar-refractivity contribution in [2.24, 2.45) is 35.0 Å². The highest BCUT2D eigenvalue weighted by Gasteiger charge is 2.50. The van der Waals surface area contributed by atoms with Crippen LogP contribution in [0.3, 0.4) is 0 Å². The van der Waals surface area contributed by atoms with E-state index >= 15 is 0 Å². The summed E-state index contributed by atoms with van der Waals surface area (Å²) < 4.78 is 0. The summed E-state index contributed by atoms with van der Waals surface area (Å²) in [6.45, 7) is 37.5. The molecule has 2 saturated heterocycles. The van der Waals surface area contributed by atoms with Crippen molar-refractivity contribution >= 4 is 136 Å². The number of hydrogen-bond donors (Lipinski definition) is 22. The molecule has 0 spiro atoms. The molecule has 11 unspecified atom stereocenters. The Balaban J connectivity index is 2.16. The summed E-state index contributed by atoms with van der Waals surface area (Å²) in [5.41, 5.74) is 0.472. The van der Waals surface area contributed by atoms with Gasteiger partial charge in [0.15, 0.2) is 0 Å². The number of carbonyl (C=O) groups is 23. The van der Waals surface area contributed by atoms with Gasteiger partial charge in [-0.2, -0.15) is 0 Å². The van der Waals surface area contributed by atoms with Crippen molar-refractivity contribution in [3.8, 4) is 0 Å². The second kappa shape index (κ2) is 50.0. The Morgan fingerprint density at radius 2 is 0.713 bits per heavy atom. The van der Waals surface area contributed by atoms with Crippen molar-refractivity contribution in [3.05, 3.63) is 0 Å². The quantitative estimate of drug-likeness (QED) is 0.0271. The zero-order valence-corrected chi connectivity index (χ0v) is 84.0. The van der Waals surface area contributed by atoms with Gasteiger partial charge < -0.3 is 128 Å². The number of carbonyl (C=O) groups excluding carboxylic acids is 23. The zero-order chi connectivity index (χ0) is 105. The van der Waals surface area contributed by atoms with Crippen molar-refractivity contribution in [2.75, 3.05) is 26.2 Å². The van der Waals surface area contributed by atoms with Gasteiger partial charge in [-0.3, -0.25) is 110 Å². The molecule has 2 fully saturated rings. The Bertz CT molecular complexity index is 4440. The lowest BCUT2D eigenvalue weighted by Gasteiger charge is -2.37. The van der Waals surface area contributed by atoms with Crippen LogP contribution in [0.5, 0.6) is 0 Å². The van der Waals surface area contributed by atoms with Crippen LogP contribution in [-0.2, 0) is 110 Å². The van der Waals surface area contributed by atoms with E-state index in [1.54, 1.807) is 27.7 Å². The first-order valence-electron chi connectivity index (χ1n) is 45.7. The Hall–Kier alpha value is -12.2. The largest absolute Gasteiger partial charge is 0.394 e. The predicted molar refractivity (Wildman–Crippen MR) is 496 cm³/mol. The van der Waals surface area contributed by atoms with E-state index in [2.05, 4.69) is 95.7 Å². The molecule has 0 aliphatic carbocycles. The highest BCUT2D eigenvalue weighted by molar-refractivity contribution is 6.05. The van der Waals surface area contributed by atoms with Crippen LogP contribution in [0.25, 0.3) is 0 Å². The van der Waals surface area contributed by atoms with Gasteiger partial charge in [0.25, 0.3) is 0 Å². The summed E-state index contributed by atoms with van der Waals surface area (Å²) in [6, 6.07) is -12.9. The van der Waals surface area contributed by atoms with E-state index in [1.807, 2.05) is 13.8 Å². The number of nitrogens with zero attached hydrogens (tertiary/aromatic N) is 2. The second-order valence-corrected chi connectivity index (χ2v) is 40.7. The minimum Gasteiger partial charge on any atom is -0.394 e. The molecule has 2 aliphatic heterocycles. The van der Waals surface area contributed by atoms with E-state index in [4.69, 9.17) is 17.2 Å². The fourth-order valence-electron chi connectivity index (χ4n) is 14.4. The van der Waals surface area contributed by atoms with E-state index in [0.717, 1.165) is 0 Å². The molecule has 0 radical (unpaired) electrons. The third-order valence-corrected chi connectivity index (χ3v) is 23.0. The number of hydrogen-bond acceptors (Lipinski definition) is 24. The highest BCUT2D eigenvalue weighted by Crippen LogP contribution is 2.27. The Labute approximate surface area is 795 Å². The lowest BCUT2D eigenvalue weighted by atomic mass is 9.93. The molecule has 0 aromatic carbocycles. The van der Waals surface area contributed by atoms with Crippen LogP contribution in [0, 0.1) is 17.8 Å². The number of amides is 23. The minimum atomic E-state index is -1.90. The zero-order valence-electron chi connectivity index (χ0n) is 84.0. The summed E-state index contributed by atoms with van der Waals surface area (Å²) in [7, 11) is 0. The third-order valence-electron chi connectivity index (χ3n) is 23.0. The Kier molecular flexibility index (Phi) is 44.1. The van der Waals surface area contributed by atoms with Gasteiger partial charge in [-0.25, -0.2) is 0 Å². The van der Waals surface area contributed by atoms with Crippen LogP contribution in [-0.4, -0.2) is 287 Å². The van der Waals surface area contributed by atoms with Gasteiger partial charge in [0.1, 0.15) is 104 Å². The molecular formula is C89H153N23O24. The lowest BCUT2D eigenvalue weighted by Crippen LogP contribution is -2.67. The molecule has 0 aromatic rings. The molecule has 0 aromatic heterocycles. The molecule has 47 nitrogen and oxygen atoms in total. The Morgan fingerprint density at radius 3 is 1.15 bits per heavy atom. The molecule has 11 atom stereocenters. The molecule has 23 amide bonds. The molecular weight excluding hydrogens is 1780 g/mol. The van der Waals surface area contributed by atoms with E-state index in [9.17, 15) is 115 Å². The second-order valence-electron chi connectivity index (χ2n) is 40.7. The van der Waals surface area contributed by atoms with Gasteiger partial charge in [-0.1, -0.05) is 48.5 Å². The van der Waals surface area contributed by atoms with Gasteiger partial charge >= 0.3 is 0 Å². The van der Waals surface area contributed by atoms with Crippen molar-refractivity contribution < 1.29 is 115 Å². The molecule has 0 bridgehead atoms. The molecule has 136 heavy (non-hydrogen) atoms. The van der Waals surface area contributed by atoms with Crippen LogP contribution in [0.1, 0.15) is 270 Å². The summed E-state index contributed by atoms with van der Waals surface area (Å²) >= 11 is 0. The summed E-state index contributed by atoms with van der Waals surface area (Å²) in [4.78, 5) is 315. The highest BCUT2D eigenvalue weighted by atomic mass is 16.3. The van der Waals surface area contributed by atoms with Gasteiger partial charge in [0.05, 0.1) is 19.2 Å². The fourth-order valence-corrected chi connectivity index (χ4v) is 14.4. The number of rotatable bonds is 53. The number of aliphatic hydroxyl groups excluding tert-OH is 1. The van der Waals surface area contributed by atoms with Gasteiger partial charge in [0, 0.05) is 39.3 Å². The van der Waals surface area contributed by atoms with Crippen molar-refractivity contribution in [1.29, 1.82) is 0 Å². The predicted octanol–water partition coefficient (Wildman–Crippen LogP) is -5.00. The third kappa shape index (κ3) is 36.8. The van der Waals surface area contributed by atoms with E-state index in [-0.39, 0.29) is 69.9 Å². The van der Waals surface area contributed by atoms with E-state index in [1.165, 1.54) is 155 Å². The topological polar surface area (TPSA) is 714 Å². The molecule has 25 N–H and O–H groups in total. The number of nitrogens with one attached hydrogen (secondary N) is 18. The summed E-state index contributed by atoms with van der Waals surface area (Å²) in [6.07, 6.45) is -0.957. The molecule has 2 aliphatic rings. The van der Waals surface area contributed by atoms with Gasteiger partial charge in [-0.15, -0.1) is 0 Å². The minimum absolute atomic E-state index is 0.0263. The average Bonchev–Trinajstić information content (AvgIpc) is 1.63. The summed E-state index contributed by atoms with van der Waals surface area (Å²) in [5.74, 6) is -20.2. The number of nitrogens with two attached hydrogens (primary N) is 3. The number of primary amides is 3. The lowest BCUT2D eigenvalue weighted by molar-refractivity contribution is -0.146. The van der Waals surface area contributed by atoms with Crippen LogP contribution in [0.15, 0.2) is 0 Å². The Morgan fingerprint density at radius 1 is 0.353 bits per heavy atom. The van der Waals surface area contributed by atoms with Crippen molar-refractivity contribution in [3.63, 3.8) is 0 Å². The normalized spacial score (nSPS) is 16.6. The van der Waals surface area contributed by atoms with E-state index in [0.29, 0.717) is 19.3 Å². The van der Waals surface area contributed by atoms with Gasteiger partial charge in [0.2, 0.25) is 136 Å². The maximum absolute atomic E-state index is 14.5.